The first-order chi connectivity index (χ1) is 11.2. The Morgan fingerprint density at radius 1 is 1.46 bits per heavy atom. The number of carbonyl (C=O) groups is 1. The van der Waals surface area contributed by atoms with E-state index >= 15 is 0 Å². The fourth-order valence-electron chi connectivity index (χ4n) is 2.16. The number of hydrogen-bond donors (Lipinski definition) is 2. The van der Waals surface area contributed by atoms with E-state index in [1.807, 2.05) is 11.4 Å². The molecular weight excluding hydrogens is 369 g/mol. The van der Waals surface area contributed by atoms with Crippen molar-refractivity contribution in [2.24, 2.45) is 5.92 Å². The van der Waals surface area contributed by atoms with Gasteiger partial charge in [0.1, 0.15) is 5.75 Å². The lowest BCUT2D eigenvalue weighted by atomic mass is 10.2. The van der Waals surface area contributed by atoms with Crippen molar-refractivity contribution < 1.29 is 9.53 Å². The third-order valence-electron chi connectivity index (χ3n) is 3.61. The Labute approximate surface area is 156 Å². The van der Waals surface area contributed by atoms with Crippen LogP contribution in [0.25, 0.3) is 11.3 Å². The molecule has 1 heterocycles. The lowest BCUT2D eigenvalue weighted by Gasteiger charge is -2.04. The zero-order chi connectivity index (χ0) is 16.2. The summed E-state index contributed by atoms with van der Waals surface area (Å²) in [5.41, 5.74) is 1.67. The largest absolute Gasteiger partial charge is 0.495 e. The van der Waals surface area contributed by atoms with Crippen LogP contribution in [-0.4, -0.2) is 31.1 Å². The van der Waals surface area contributed by atoms with Crippen molar-refractivity contribution >= 4 is 46.4 Å². The molecule has 130 valence electrons. The van der Waals surface area contributed by atoms with Crippen LogP contribution in [0.1, 0.15) is 12.8 Å². The highest BCUT2D eigenvalue weighted by Gasteiger charge is 2.20. The van der Waals surface area contributed by atoms with E-state index in [1.165, 1.54) is 24.2 Å². The molecule has 5 nitrogen and oxygen atoms in total. The van der Waals surface area contributed by atoms with Gasteiger partial charge in [-0.1, -0.05) is 11.6 Å². The van der Waals surface area contributed by atoms with Gasteiger partial charge in [-0.2, -0.15) is 0 Å². The average Bonchev–Trinajstić information content (AvgIpc) is 3.24. The minimum atomic E-state index is -0.0701. The number of methoxy groups -OCH3 is 1. The number of carbonyl (C=O) groups excluding carboxylic acids is 1. The predicted molar refractivity (Wildman–Crippen MR) is 101 cm³/mol. The van der Waals surface area contributed by atoms with E-state index in [0.717, 1.165) is 23.7 Å². The molecule has 0 unspecified atom stereocenters. The standard InChI is InChI=1S/C16H18ClN3O2S.ClH/c1-22-14-5-4-11(6-12(14)17)13-9-23-16(19-13)20-15(21)8-18-7-10-2-3-10;/h4-6,9-10,18H,2-3,7-8H2,1H3,(H,19,20,21);1H. The summed E-state index contributed by atoms with van der Waals surface area (Å²) in [6.45, 7) is 1.24. The van der Waals surface area contributed by atoms with Crippen molar-refractivity contribution in [2.45, 2.75) is 12.8 Å². The highest BCUT2D eigenvalue weighted by atomic mass is 35.5. The van der Waals surface area contributed by atoms with Crippen LogP contribution in [0.5, 0.6) is 5.75 Å². The molecule has 0 atom stereocenters. The molecule has 0 saturated heterocycles. The Morgan fingerprint density at radius 3 is 2.92 bits per heavy atom. The Balaban J connectivity index is 0.00000208. The molecule has 1 aliphatic carbocycles. The maximum absolute atomic E-state index is 11.9. The summed E-state index contributed by atoms with van der Waals surface area (Å²) in [6.07, 6.45) is 2.55. The Hall–Kier alpha value is -1.34. The van der Waals surface area contributed by atoms with E-state index in [-0.39, 0.29) is 18.3 Å². The molecule has 1 amide bonds. The van der Waals surface area contributed by atoms with E-state index in [1.54, 1.807) is 19.2 Å². The maximum Gasteiger partial charge on any atom is 0.240 e. The van der Waals surface area contributed by atoms with E-state index in [9.17, 15) is 4.79 Å². The van der Waals surface area contributed by atoms with Crippen LogP contribution in [0.15, 0.2) is 23.6 Å². The molecule has 0 radical (unpaired) electrons. The molecule has 2 N–H and O–H groups in total. The zero-order valence-corrected chi connectivity index (χ0v) is 15.6. The van der Waals surface area contributed by atoms with E-state index in [4.69, 9.17) is 16.3 Å². The van der Waals surface area contributed by atoms with E-state index in [0.29, 0.717) is 22.4 Å². The Morgan fingerprint density at radius 2 is 2.25 bits per heavy atom. The molecule has 1 aromatic carbocycles. The molecule has 0 aliphatic heterocycles. The molecule has 1 aromatic heterocycles. The van der Waals surface area contributed by atoms with Crippen LogP contribution in [0, 0.1) is 5.92 Å². The number of nitrogens with zero attached hydrogens (tertiary/aromatic N) is 1. The second kappa shape index (κ2) is 8.67. The topological polar surface area (TPSA) is 63.2 Å². The number of hydrogen-bond acceptors (Lipinski definition) is 5. The van der Waals surface area contributed by atoms with Crippen molar-refractivity contribution in [3.05, 3.63) is 28.6 Å². The predicted octanol–water partition coefficient (Wildman–Crippen LogP) is 3.83. The number of nitrogens with one attached hydrogen (secondary N) is 2. The van der Waals surface area contributed by atoms with Gasteiger partial charge in [-0.05, 0) is 43.5 Å². The molecule has 1 saturated carbocycles. The van der Waals surface area contributed by atoms with Gasteiger partial charge in [-0.3, -0.25) is 4.79 Å². The highest BCUT2D eigenvalue weighted by Crippen LogP contribution is 2.31. The first kappa shape index (κ1) is 19.0. The van der Waals surface area contributed by atoms with Gasteiger partial charge in [0, 0.05) is 10.9 Å². The van der Waals surface area contributed by atoms with Gasteiger partial charge in [0.25, 0.3) is 0 Å². The molecule has 0 bridgehead atoms. The highest BCUT2D eigenvalue weighted by molar-refractivity contribution is 7.14. The summed E-state index contributed by atoms with van der Waals surface area (Å²) < 4.78 is 5.14. The number of thiazole rings is 1. The van der Waals surface area contributed by atoms with E-state index < -0.39 is 0 Å². The minimum Gasteiger partial charge on any atom is -0.495 e. The molecule has 1 aliphatic rings. The van der Waals surface area contributed by atoms with Crippen LogP contribution in [-0.2, 0) is 4.79 Å². The van der Waals surface area contributed by atoms with Crippen molar-refractivity contribution in [1.82, 2.24) is 10.3 Å². The molecule has 24 heavy (non-hydrogen) atoms. The first-order valence-electron chi connectivity index (χ1n) is 7.45. The van der Waals surface area contributed by atoms with Crippen molar-refractivity contribution in [3.8, 4) is 17.0 Å². The molecule has 1 fully saturated rings. The van der Waals surface area contributed by atoms with Crippen LogP contribution in [0.4, 0.5) is 5.13 Å². The molecule has 8 heteroatoms. The number of aromatic nitrogens is 1. The van der Waals surface area contributed by atoms with E-state index in [2.05, 4.69) is 15.6 Å². The van der Waals surface area contributed by atoms with Crippen LogP contribution in [0.3, 0.4) is 0 Å². The van der Waals surface area contributed by atoms with Crippen LogP contribution < -0.4 is 15.4 Å². The van der Waals surface area contributed by atoms with Gasteiger partial charge in [-0.15, -0.1) is 23.7 Å². The van der Waals surface area contributed by atoms with Crippen molar-refractivity contribution in [3.63, 3.8) is 0 Å². The minimum absolute atomic E-state index is 0. The fourth-order valence-corrected chi connectivity index (χ4v) is 3.16. The lowest BCUT2D eigenvalue weighted by molar-refractivity contribution is -0.115. The van der Waals surface area contributed by atoms with Gasteiger partial charge >= 0.3 is 0 Å². The Kier molecular flexibility index (Phi) is 6.86. The second-order valence-corrected chi connectivity index (χ2v) is 6.77. The Bertz CT molecular complexity index is 704. The summed E-state index contributed by atoms with van der Waals surface area (Å²) in [5.74, 6) is 1.31. The van der Waals surface area contributed by atoms with Crippen LogP contribution >= 0.6 is 35.3 Å². The summed E-state index contributed by atoms with van der Waals surface area (Å²) in [5, 5.41) is 8.99. The summed E-state index contributed by atoms with van der Waals surface area (Å²) >= 11 is 7.53. The number of halogens is 2. The quantitative estimate of drug-likeness (QED) is 0.757. The van der Waals surface area contributed by atoms with Crippen molar-refractivity contribution in [1.29, 1.82) is 0 Å². The third-order valence-corrected chi connectivity index (χ3v) is 4.67. The summed E-state index contributed by atoms with van der Waals surface area (Å²) in [4.78, 5) is 16.3. The van der Waals surface area contributed by atoms with Gasteiger partial charge in [0.15, 0.2) is 5.13 Å². The number of ether oxygens (including phenoxy) is 1. The number of amides is 1. The fraction of sp³-hybridized carbons (Fsp3) is 0.375. The van der Waals surface area contributed by atoms with Gasteiger partial charge in [0.2, 0.25) is 5.91 Å². The smallest absolute Gasteiger partial charge is 0.240 e. The monoisotopic (exact) mass is 387 g/mol. The van der Waals surface area contributed by atoms with Crippen molar-refractivity contribution in [2.75, 3.05) is 25.5 Å². The molecule has 2 aromatic rings. The number of benzene rings is 1. The van der Waals surface area contributed by atoms with Crippen LogP contribution in [0.2, 0.25) is 5.02 Å². The molecular formula is C16H19Cl2N3O2S. The maximum atomic E-state index is 11.9. The second-order valence-electron chi connectivity index (χ2n) is 5.51. The van der Waals surface area contributed by atoms with Gasteiger partial charge < -0.3 is 15.4 Å². The zero-order valence-electron chi connectivity index (χ0n) is 13.2. The SMILES string of the molecule is COc1ccc(-c2csc(NC(=O)CNCC3CC3)n2)cc1Cl.Cl. The number of anilines is 1. The summed E-state index contributed by atoms with van der Waals surface area (Å²) in [6, 6.07) is 5.50. The normalized spacial score (nSPS) is 13.2. The lowest BCUT2D eigenvalue weighted by Crippen LogP contribution is -2.29. The molecule has 0 spiro atoms. The molecule has 3 rings (SSSR count). The average molecular weight is 388 g/mol. The first-order valence-corrected chi connectivity index (χ1v) is 8.71. The third kappa shape index (κ3) is 5.08. The van der Waals surface area contributed by atoms with Gasteiger partial charge in [-0.25, -0.2) is 4.98 Å². The summed E-state index contributed by atoms with van der Waals surface area (Å²) in [7, 11) is 1.58. The van der Waals surface area contributed by atoms with Gasteiger partial charge in [0.05, 0.1) is 24.4 Å². The number of rotatable bonds is 7.